The highest BCUT2D eigenvalue weighted by molar-refractivity contribution is 7.91. The minimum atomic E-state index is -2.98. The fourth-order valence-electron chi connectivity index (χ4n) is 2.71. The summed E-state index contributed by atoms with van der Waals surface area (Å²) in [6, 6.07) is 7.95. The van der Waals surface area contributed by atoms with Crippen molar-refractivity contribution in [3.63, 3.8) is 0 Å². The van der Waals surface area contributed by atoms with Crippen molar-refractivity contribution in [2.75, 3.05) is 24.6 Å². The zero-order chi connectivity index (χ0) is 19.0. The number of amides is 1. The predicted molar refractivity (Wildman–Crippen MR) is 104 cm³/mol. The van der Waals surface area contributed by atoms with Crippen molar-refractivity contribution in [3.05, 3.63) is 35.4 Å². The smallest absolute Gasteiger partial charge is 0.222 e. The van der Waals surface area contributed by atoms with Gasteiger partial charge in [-0.25, -0.2) is 13.4 Å². The average Bonchev–Trinajstić information content (AvgIpc) is 2.92. The fourth-order valence-corrected chi connectivity index (χ4v) is 4.38. The highest BCUT2D eigenvalue weighted by atomic mass is 32.2. The summed E-state index contributed by atoms with van der Waals surface area (Å²) in [7, 11) is -2.98. The van der Waals surface area contributed by atoms with Crippen LogP contribution in [0.5, 0.6) is 0 Å². The molecule has 1 aromatic carbocycles. The monoisotopic (exact) mass is 380 g/mol. The number of sulfone groups is 1. The van der Waals surface area contributed by atoms with Crippen molar-refractivity contribution >= 4 is 21.7 Å². The molecular formula is C18H28N4O3S. The number of guanidine groups is 1. The third-order valence-electron chi connectivity index (χ3n) is 4.13. The molecule has 1 aliphatic heterocycles. The van der Waals surface area contributed by atoms with E-state index in [-0.39, 0.29) is 29.9 Å². The molecule has 8 heteroatoms. The highest BCUT2D eigenvalue weighted by Crippen LogP contribution is 2.11. The lowest BCUT2D eigenvalue weighted by Gasteiger charge is -2.13. The number of carbonyl (C=O) groups is 1. The fraction of sp³-hybridized carbons (Fsp3) is 0.556. The van der Waals surface area contributed by atoms with Crippen molar-refractivity contribution in [1.82, 2.24) is 16.0 Å². The van der Waals surface area contributed by atoms with Crippen LogP contribution in [0.15, 0.2) is 29.3 Å². The standard InChI is InChI=1S/C18H28N4O3S/c1-3-19-18(21-12-15-6-4-14(2)5-7-15)20-10-8-17(23)22-16-9-11-26(24,25)13-16/h4-7,16H,3,8-13H2,1-2H3,(H,22,23)(H2,19,20,21). The first kappa shape index (κ1) is 20.2. The Hall–Kier alpha value is -2.09. The summed E-state index contributed by atoms with van der Waals surface area (Å²) in [6.07, 6.45) is 0.771. The molecule has 0 spiro atoms. The largest absolute Gasteiger partial charge is 0.357 e. The number of nitrogens with one attached hydrogen (secondary N) is 3. The molecule has 1 aromatic rings. The average molecular weight is 381 g/mol. The molecule has 3 N–H and O–H groups in total. The number of carbonyl (C=O) groups excluding carboxylic acids is 1. The van der Waals surface area contributed by atoms with Gasteiger partial charge in [-0.3, -0.25) is 4.79 Å². The van der Waals surface area contributed by atoms with Crippen LogP contribution in [0.1, 0.15) is 30.9 Å². The van der Waals surface area contributed by atoms with Crippen LogP contribution in [0.2, 0.25) is 0 Å². The van der Waals surface area contributed by atoms with E-state index in [0.717, 1.165) is 12.1 Å². The summed E-state index contributed by atoms with van der Waals surface area (Å²) in [5.74, 6) is 0.720. The van der Waals surface area contributed by atoms with Crippen LogP contribution in [0, 0.1) is 6.92 Å². The van der Waals surface area contributed by atoms with Gasteiger partial charge >= 0.3 is 0 Å². The predicted octanol–water partition coefficient (Wildman–Crippen LogP) is 0.744. The van der Waals surface area contributed by atoms with Gasteiger partial charge in [0, 0.05) is 25.6 Å². The van der Waals surface area contributed by atoms with Gasteiger partial charge in [-0.05, 0) is 25.8 Å². The Kier molecular flexibility index (Phi) is 7.44. The van der Waals surface area contributed by atoms with E-state index in [1.165, 1.54) is 5.56 Å². The normalized spacial score (nSPS) is 19.2. The summed E-state index contributed by atoms with van der Waals surface area (Å²) in [6.45, 7) is 5.75. The van der Waals surface area contributed by atoms with Gasteiger partial charge < -0.3 is 16.0 Å². The van der Waals surface area contributed by atoms with Crippen LogP contribution in [0.3, 0.4) is 0 Å². The van der Waals surface area contributed by atoms with Crippen LogP contribution in [-0.4, -0.2) is 50.9 Å². The minimum Gasteiger partial charge on any atom is -0.357 e. The quantitative estimate of drug-likeness (QED) is 0.479. The van der Waals surface area contributed by atoms with E-state index < -0.39 is 9.84 Å². The van der Waals surface area contributed by atoms with Gasteiger partial charge in [0.15, 0.2) is 15.8 Å². The van der Waals surface area contributed by atoms with Gasteiger partial charge in [-0.2, -0.15) is 0 Å². The second kappa shape index (κ2) is 9.56. The number of hydrogen-bond donors (Lipinski definition) is 3. The van der Waals surface area contributed by atoms with E-state index in [0.29, 0.717) is 25.5 Å². The van der Waals surface area contributed by atoms with E-state index in [2.05, 4.69) is 33.1 Å². The van der Waals surface area contributed by atoms with Crippen LogP contribution in [-0.2, 0) is 21.2 Å². The topological polar surface area (TPSA) is 99.7 Å². The highest BCUT2D eigenvalue weighted by Gasteiger charge is 2.28. The zero-order valence-electron chi connectivity index (χ0n) is 15.4. The first-order valence-corrected chi connectivity index (χ1v) is 10.8. The first-order valence-electron chi connectivity index (χ1n) is 8.95. The van der Waals surface area contributed by atoms with Gasteiger partial charge in [0.1, 0.15) is 0 Å². The van der Waals surface area contributed by atoms with Crippen molar-refractivity contribution < 1.29 is 13.2 Å². The second-order valence-electron chi connectivity index (χ2n) is 6.53. The molecule has 0 aliphatic carbocycles. The number of hydrogen-bond acceptors (Lipinski definition) is 4. The maximum absolute atomic E-state index is 12.0. The Bertz CT molecular complexity index is 729. The Balaban J connectivity index is 1.76. The molecule has 1 heterocycles. The number of nitrogens with zero attached hydrogens (tertiary/aromatic N) is 1. The van der Waals surface area contributed by atoms with Crippen LogP contribution < -0.4 is 16.0 Å². The Morgan fingerprint density at radius 3 is 2.58 bits per heavy atom. The summed E-state index contributed by atoms with van der Waals surface area (Å²) >= 11 is 0. The maximum atomic E-state index is 12.0. The Morgan fingerprint density at radius 2 is 1.96 bits per heavy atom. The number of rotatable bonds is 7. The second-order valence-corrected chi connectivity index (χ2v) is 8.75. The molecule has 0 bridgehead atoms. The van der Waals surface area contributed by atoms with Gasteiger partial charge in [-0.15, -0.1) is 0 Å². The van der Waals surface area contributed by atoms with Gasteiger partial charge in [-0.1, -0.05) is 29.8 Å². The van der Waals surface area contributed by atoms with Crippen LogP contribution in [0.4, 0.5) is 0 Å². The molecule has 1 aliphatic rings. The van der Waals surface area contributed by atoms with E-state index in [4.69, 9.17) is 0 Å². The third-order valence-corrected chi connectivity index (χ3v) is 5.89. The molecule has 1 fully saturated rings. The number of benzene rings is 1. The van der Waals surface area contributed by atoms with Gasteiger partial charge in [0.05, 0.1) is 18.1 Å². The SMILES string of the molecule is CCNC(=NCc1ccc(C)cc1)NCCC(=O)NC1CCS(=O)(=O)C1. The van der Waals surface area contributed by atoms with Crippen molar-refractivity contribution in [2.24, 2.45) is 4.99 Å². The molecule has 1 amide bonds. The number of aliphatic imine (C=N–C) groups is 1. The first-order chi connectivity index (χ1) is 12.4. The molecule has 0 aromatic heterocycles. The lowest BCUT2D eigenvalue weighted by molar-refractivity contribution is -0.121. The molecule has 0 saturated carbocycles. The van der Waals surface area contributed by atoms with Gasteiger partial charge in [0.2, 0.25) is 5.91 Å². The molecule has 1 unspecified atom stereocenters. The van der Waals surface area contributed by atoms with Crippen molar-refractivity contribution in [2.45, 2.75) is 39.3 Å². The van der Waals surface area contributed by atoms with Crippen molar-refractivity contribution in [3.8, 4) is 0 Å². The van der Waals surface area contributed by atoms with Crippen LogP contribution >= 0.6 is 0 Å². The van der Waals surface area contributed by atoms with Crippen molar-refractivity contribution in [1.29, 1.82) is 0 Å². The molecule has 0 radical (unpaired) electrons. The summed E-state index contributed by atoms with van der Waals surface area (Å²) in [4.78, 5) is 16.5. The summed E-state index contributed by atoms with van der Waals surface area (Å²) < 4.78 is 22.8. The van der Waals surface area contributed by atoms with Crippen LogP contribution in [0.25, 0.3) is 0 Å². The summed E-state index contributed by atoms with van der Waals surface area (Å²) in [5, 5.41) is 9.07. The molecule has 7 nitrogen and oxygen atoms in total. The van der Waals surface area contributed by atoms with E-state index >= 15 is 0 Å². The minimum absolute atomic E-state index is 0.0484. The molecular weight excluding hydrogens is 352 g/mol. The Morgan fingerprint density at radius 1 is 1.23 bits per heavy atom. The zero-order valence-corrected chi connectivity index (χ0v) is 16.2. The molecule has 1 saturated heterocycles. The lowest BCUT2D eigenvalue weighted by atomic mass is 10.1. The lowest BCUT2D eigenvalue weighted by Crippen LogP contribution is -2.41. The van der Waals surface area contributed by atoms with E-state index in [1.807, 2.05) is 26.0 Å². The maximum Gasteiger partial charge on any atom is 0.222 e. The molecule has 2 rings (SSSR count). The summed E-state index contributed by atoms with van der Waals surface area (Å²) in [5.41, 5.74) is 2.33. The Labute approximate surface area is 155 Å². The molecule has 144 valence electrons. The van der Waals surface area contributed by atoms with Gasteiger partial charge in [0.25, 0.3) is 0 Å². The third kappa shape index (κ3) is 7.03. The number of aryl methyl sites for hydroxylation is 1. The molecule has 26 heavy (non-hydrogen) atoms. The molecule has 1 atom stereocenters. The van der Waals surface area contributed by atoms with E-state index in [9.17, 15) is 13.2 Å². The van der Waals surface area contributed by atoms with E-state index in [1.54, 1.807) is 0 Å².